The van der Waals surface area contributed by atoms with Gasteiger partial charge in [0.2, 0.25) is 9.84 Å². The molecule has 0 saturated carbocycles. The molecule has 2 rings (SSSR count). The van der Waals surface area contributed by atoms with Crippen LogP contribution in [0.15, 0.2) is 58.3 Å². The first kappa shape index (κ1) is 15.3. The van der Waals surface area contributed by atoms with Crippen molar-refractivity contribution < 1.29 is 30.7 Å². The van der Waals surface area contributed by atoms with E-state index in [1.54, 1.807) is 0 Å². The van der Waals surface area contributed by atoms with E-state index < -0.39 is 20.2 Å². The lowest BCUT2D eigenvalue weighted by Gasteiger charge is -2.06. The topological polar surface area (TPSA) is 118 Å². The summed E-state index contributed by atoms with van der Waals surface area (Å²) in [5.41, 5.74) is 0. The normalized spacial score (nSPS) is 12.0. The van der Waals surface area contributed by atoms with Crippen molar-refractivity contribution in [3.8, 4) is 11.5 Å². The molecule has 0 unspecified atom stereocenters. The fourth-order valence-corrected chi connectivity index (χ4v) is 3.17. The van der Waals surface area contributed by atoms with Crippen LogP contribution < -0.4 is 4.18 Å². The number of hydrogen-bond acceptors (Lipinski definition) is 6. The maximum atomic E-state index is 12.3. The summed E-state index contributed by atoms with van der Waals surface area (Å²) in [7, 11) is -8.45. The molecule has 0 amide bonds. The Balaban J connectivity index is 2.35. The SMILES string of the molecule is O=S(=O)(O)Oc1ccc(S(=O)(=O)c2ccc(O)cc2)cc1. The minimum absolute atomic E-state index is 0.0243. The Morgan fingerprint density at radius 1 is 0.762 bits per heavy atom. The summed E-state index contributed by atoms with van der Waals surface area (Å²) in [6.45, 7) is 0. The van der Waals surface area contributed by atoms with Gasteiger partial charge >= 0.3 is 10.4 Å². The van der Waals surface area contributed by atoms with Crippen molar-refractivity contribution in [2.45, 2.75) is 9.79 Å². The molecule has 0 aromatic heterocycles. The van der Waals surface area contributed by atoms with E-state index >= 15 is 0 Å². The number of phenols is 1. The van der Waals surface area contributed by atoms with Crippen LogP contribution in [0.3, 0.4) is 0 Å². The van der Waals surface area contributed by atoms with Crippen LogP contribution in [0.1, 0.15) is 0 Å². The molecule has 9 heteroatoms. The molecule has 0 atom stereocenters. The van der Waals surface area contributed by atoms with Gasteiger partial charge in [0.1, 0.15) is 11.5 Å². The smallest absolute Gasteiger partial charge is 0.446 e. The Hall–Kier alpha value is -2.10. The van der Waals surface area contributed by atoms with Gasteiger partial charge in [-0.1, -0.05) is 0 Å². The molecular weight excluding hydrogens is 320 g/mol. The van der Waals surface area contributed by atoms with Gasteiger partial charge in [-0.2, -0.15) is 8.42 Å². The highest BCUT2D eigenvalue weighted by Gasteiger charge is 2.18. The predicted octanol–water partition coefficient (Wildman–Crippen LogP) is 1.41. The van der Waals surface area contributed by atoms with E-state index in [9.17, 15) is 16.8 Å². The molecule has 0 bridgehead atoms. The van der Waals surface area contributed by atoms with Crippen LogP contribution in [-0.4, -0.2) is 26.5 Å². The third kappa shape index (κ3) is 3.72. The van der Waals surface area contributed by atoms with Gasteiger partial charge in [-0.25, -0.2) is 8.42 Å². The summed E-state index contributed by atoms with van der Waals surface area (Å²) in [5, 5.41) is 9.15. The van der Waals surface area contributed by atoms with Gasteiger partial charge < -0.3 is 9.29 Å². The second kappa shape index (κ2) is 5.35. The van der Waals surface area contributed by atoms with Gasteiger partial charge in [0.25, 0.3) is 0 Å². The zero-order chi connectivity index (χ0) is 15.7. The molecule has 21 heavy (non-hydrogen) atoms. The minimum atomic E-state index is -4.66. The van der Waals surface area contributed by atoms with Crippen molar-refractivity contribution in [2.75, 3.05) is 0 Å². The molecular formula is C12H10O7S2. The van der Waals surface area contributed by atoms with Crippen molar-refractivity contribution in [3.05, 3.63) is 48.5 Å². The highest BCUT2D eigenvalue weighted by molar-refractivity contribution is 7.91. The monoisotopic (exact) mass is 330 g/mol. The lowest BCUT2D eigenvalue weighted by Crippen LogP contribution is -2.07. The predicted molar refractivity (Wildman–Crippen MR) is 72.2 cm³/mol. The largest absolute Gasteiger partial charge is 0.508 e. The Morgan fingerprint density at radius 3 is 1.62 bits per heavy atom. The molecule has 0 fully saturated rings. The maximum Gasteiger partial charge on any atom is 0.446 e. The number of rotatable bonds is 4. The zero-order valence-corrected chi connectivity index (χ0v) is 12.0. The van der Waals surface area contributed by atoms with Crippen LogP contribution in [0.5, 0.6) is 11.5 Å². The van der Waals surface area contributed by atoms with Crippen LogP contribution in [0.25, 0.3) is 0 Å². The van der Waals surface area contributed by atoms with Crippen molar-refractivity contribution >= 4 is 20.2 Å². The fraction of sp³-hybridized carbons (Fsp3) is 0. The average Bonchev–Trinajstić information content (AvgIpc) is 2.38. The third-order valence-corrected chi connectivity index (χ3v) is 4.67. The highest BCUT2D eigenvalue weighted by atomic mass is 32.3. The Labute approximate surface area is 121 Å². The summed E-state index contributed by atoms with van der Waals surface area (Å²) in [5.74, 6) is -0.284. The Morgan fingerprint density at radius 2 is 1.19 bits per heavy atom. The van der Waals surface area contributed by atoms with E-state index in [-0.39, 0.29) is 21.3 Å². The molecule has 0 spiro atoms. The summed E-state index contributed by atoms with van der Waals surface area (Å²) in [6.07, 6.45) is 0. The molecule has 112 valence electrons. The van der Waals surface area contributed by atoms with Crippen molar-refractivity contribution in [2.24, 2.45) is 0 Å². The quantitative estimate of drug-likeness (QED) is 0.814. The van der Waals surface area contributed by atoms with Crippen molar-refractivity contribution in [1.29, 1.82) is 0 Å². The number of phenolic OH excluding ortho intramolecular Hbond substituents is 1. The van der Waals surface area contributed by atoms with E-state index in [1.807, 2.05) is 0 Å². The summed E-state index contributed by atoms with van der Waals surface area (Å²) in [4.78, 5) is -0.111. The molecule has 0 aliphatic carbocycles. The van der Waals surface area contributed by atoms with Crippen molar-refractivity contribution in [1.82, 2.24) is 0 Å². The van der Waals surface area contributed by atoms with Gasteiger partial charge in [-0.3, -0.25) is 4.55 Å². The van der Waals surface area contributed by atoms with Gasteiger partial charge in [0, 0.05) is 0 Å². The third-order valence-electron chi connectivity index (χ3n) is 2.48. The van der Waals surface area contributed by atoms with Crippen LogP contribution in [0, 0.1) is 0 Å². The minimum Gasteiger partial charge on any atom is -0.508 e. The summed E-state index contributed by atoms with van der Waals surface area (Å²) < 4.78 is 58.3. The van der Waals surface area contributed by atoms with Crippen LogP contribution in [-0.2, 0) is 20.2 Å². The van der Waals surface area contributed by atoms with Crippen LogP contribution >= 0.6 is 0 Å². The van der Waals surface area contributed by atoms with E-state index in [1.165, 1.54) is 24.3 Å². The average molecular weight is 330 g/mol. The van der Waals surface area contributed by atoms with Gasteiger partial charge in [-0.05, 0) is 48.5 Å². The summed E-state index contributed by atoms with van der Waals surface area (Å²) in [6, 6.07) is 9.44. The number of hydrogen-bond donors (Lipinski definition) is 2. The van der Waals surface area contributed by atoms with Crippen LogP contribution in [0.4, 0.5) is 0 Å². The van der Waals surface area contributed by atoms with Gasteiger partial charge in [0.15, 0.2) is 0 Å². The Bertz CT molecular complexity index is 835. The van der Waals surface area contributed by atoms with E-state index in [2.05, 4.69) is 4.18 Å². The number of aromatic hydroxyl groups is 1. The van der Waals surface area contributed by atoms with Crippen LogP contribution in [0.2, 0.25) is 0 Å². The van der Waals surface area contributed by atoms with Crippen molar-refractivity contribution in [3.63, 3.8) is 0 Å². The lowest BCUT2D eigenvalue weighted by atomic mass is 10.3. The Kier molecular flexibility index (Phi) is 3.90. The second-order valence-electron chi connectivity index (χ2n) is 3.98. The molecule has 2 N–H and O–H groups in total. The van der Waals surface area contributed by atoms with E-state index in [0.717, 1.165) is 24.3 Å². The zero-order valence-electron chi connectivity index (χ0n) is 10.4. The number of benzene rings is 2. The van der Waals surface area contributed by atoms with Gasteiger partial charge in [0.05, 0.1) is 9.79 Å². The molecule has 0 aliphatic heterocycles. The first-order chi connectivity index (χ1) is 9.68. The first-order valence-corrected chi connectivity index (χ1v) is 8.34. The van der Waals surface area contributed by atoms with E-state index in [4.69, 9.17) is 9.66 Å². The lowest BCUT2D eigenvalue weighted by molar-refractivity contribution is 0.386. The van der Waals surface area contributed by atoms with Gasteiger partial charge in [-0.15, -0.1) is 0 Å². The molecule has 7 nitrogen and oxygen atoms in total. The molecule has 0 aliphatic rings. The number of sulfone groups is 1. The molecule has 0 saturated heterocycles. The molecule has 2 aromatic rings. The molecule has 0 radical (unpaired) electrons. The summed E-state index contributed by atoms with van der Waals surface area (Å²) >= 11 is 0. The van der Waals surface area contributed by atoms with E-state index in [0.29, 0.717) is 0 Å². The molecule has 2 aromatic carbocycles. The fourth-order valence-electron chi connectivity index (χ4n) is 1.56. The first-order valence-electron chi connectivity index (χ1n) is 5.49. The molecule has 0 heterocycles. The maximum absolute atomic E-state index is 12.3. The second-order valence-corrected chi connectivity index (χ2v) is 6.95. The highest BCUT2D eigenvalue weighted by Crippen LogP contribution is 2.24. The standard InChI is InChI=1S/C12H10O7S2/c13-9-1-5-11(6-2-9)20(14,15)12-7-3-10(4-8-12)19-21(16,17)18/h1-8,13H,(H,16,17,18).